The third kappa shape index (κ3) is 4.49. The summed E-state index contributed by atoms with van der Waals surface area (Å²) >= 11 is 0. The Hall–Kier alpha value is -0.530. The average molecular weight is 306 g/mol. The van der Waals surface area contributed by atoms with Gasteiger partial charge in [0.1, 0.15) is 0 Å². The molecule has 0 heterocycles. The van der Waals surface area contributed by atoms with Crippen molar-refractivity contribution in [2.45, 2.75) is 89.9 Å². The van der Waals surface area contributed by atoms with Crippen molar-refractivity contribution in [1.82, 2.24) is 0 Å². The van der Waals surface area contributed by atoms with Crippen molar-refractivity contribution in [2.75, 3.05) is 6.61 Å². The third-order valence-electron chi connectivity index (χ3n) is 6.61. The fourth-order valence-electron chi connectivity index (χ4n) is 5.10. The van der Waals surface area contributed by atoms with E-state index in [0.29, 0.717) is 12.5 Å². The highest BCUT2D eigenvalue weighted by molar-refractivity contribution is 5.72. The van der Waals surface area contributed by atoms with Crippen LogP contribution in [-0.2, 0) is 9.53 Å². The molecule has 0 unspecified atom stereocenters. The summed E-state index contributed by atoms with van der Waals surface area (Å²) in [6, 6.07) is 0. The third-order valence-corrected chi connectivity index (χ3v) is 6.61. The molecule has 2 heteroatoms. The lowest BCUT2D eigenvalue weighted by atomic mass is 9.71. The van der Waals surface area contributed by atoms with E-state index in [9.17, 15) is 4.79 Å². The molecule has 3 aliphatic carbocycles. The van der Waals surface area contributed by atoms with Crippen molar-refractivity contribution in [1.29, 1.82) is 0 Å². The molecule has 0 amide bonds. The van der Waals surface area contributed by atoms with Crippen molar-refractivity contribution < 1.29 is 9.53 Å². The maximum atomic E-state index is 12.3. The van der Waals surface area contributed by atoms with Crippen molar-refractivity contribution in [3.8, 4) is 0 Å². The van der Waals surface area contributed by atoms with E-state index in [1.165, 1.54) is 77.0 Å². The molecular formula is C20H34O2. The average Bonchev–Trinajstić information content (AvgIpc) is 2.61. The predicted octanol–water partition coefficient (Wildman–Crippen LogP) is 5.50. The smallest absolute Gasteiger partial charge is 0.308 e. The minimum absolute atomic E-state index is 0.118. The summed E-state index contributed by atoms with van der Waals surface area (Å²) in [5, 5.41) is 0. The minimum atomic E-state index is 0.118. The Balaban J connectivity index is 1.36. The zero-order chi connectivity index (χ0) is 15.2. The summed E-state index contributed by atoms with van der Waals surface area (Å²) in [6.45, 7) is 0.696. The van der Waals surface area contributed by atoms with Crippen LogP contribution < -0.4 is 0 Å². The van der Waals surface area contributed by atoms with Crippen LogP contribution in [0.25, 0.3) is 0 Å². The van der Waals surface area contributed by atoms with E-state index in [4.69, 9.17) is 4.74 Å². The second kappa shape index (κ2) is 8.36. The van der Waals surface area contributed by atoms with E-state index in [-0.39, 0.29) is 11.9 Å². The van der Waals surface area contributed by atoms with Crippen molar-refractivity contribution in [3.63, 3.8) is 0 Å². The van der Waals surface area contributed by atoms with Crippen LogP contribution in [0.2, 0.25) is 0 Å². The molecule has 0 bridgehead atoms. The summed E-state index contributed by atoms with van der Waals surface area (Å²) in [5.41, 5.74) is 0. The summed E-state index contributed by atoms with van der Waals surface area (Å²) < 4.78 is 5.66. The molecule has 0 aromatic rings. The van der Waals surface area contributed by atoms with Crippen molar-refractivity contribution in [3.05, 3.63) is 0 Å². The number of hydrogen-bond donors (Lipinski definition) is 0. The highest BCUT2D eigenvalue weighted by Crippen LogP contribution is 2.40. The highest BCUT2D eigenvalue weighted by Gasteiger charge is 2.32. The minimum Gasteiger partial charge on any atom is -0.465 e. The molecular weight excluding hydrogens is 272 g/mol. The fourth-order valence-corrected chi connectivity index (χ4v) is 5.10. The quantitative estimate of drug-likeness (QED) is 0.641. The molecule has 3 aliphatic rings. The SMILES string of the molecule is O=C(OCC1CCCCC1)C1CCC(C2CCCCC2)CC1. The van der Waals surface area contributed by atoms with Gasteiger partial charge in [-0.15, -0.1) is 0 Å². The van der Waals surface area contributed by atoms with Crippen LogP contribution in [0.5, 0.6) is 0 Å². The van der Waals surface area contributed by atoms with Crippen LogP contribution in [0.1, 0.15) is 89.9 Å². The highest BCUT2D eigenvalue weighted by atomic mass is 16.5. The van der Waals surface area contributed by atoms with E-state index in [0.717, 1.165) is 24.7 Å². The molecule has 3 fully saturated rings. The number of carbonyl (C=O) groups is 1. The van der Waals surface area contributed by atoms with E-state index < -0.39 is 0 Å². The molecule has 126 valence electrons. The lowest BCUT2D eigenvalue weighted by Gasteiger charge is -2.35. The van der Waals surface area contributed by atoms with Gasteiger partial charge in [-0.1, -0.05) is 51.4 Å². The Morgan fingerprint density at radius 1 is 0.682 bits per heavy atom. The number of rotatable bonds is 4. The number of ether oxygens (including phenoxy) is 1. The zero-order valence-corrected chi connectivity index (χ0v) is 14.2. The molecule has 3 saturated carbocycles. The van der Waals surface area contributed by atoms with Gasteiger partial charge in [0.25, 0.3) is 0 Å². The van der Waals surface area contributed by atoms with Crippen LogP contribution in [0.4, 0.5) is 0 Å². The first kappa shape index (κ1) is 16.3. The van der Waals surface area contributed by atoms with Crippen LogP contribution in [0.15, 0.2) is 0 Å². The Kier molecular flexibility index (Phi) is 6.20. The summed E-state index contributed by atoms with van der Waals surface area (Å²) in [4.78, 5) is 12.3. The van der Waals surface area contributed by atoms with Gasteiger partial charge >= 0.3 is 5.97 Å². The first-order valence-corrected chi connectivity index (χ1v) is 9.99. The van der Waals surface area contributed by atoms with E-state index in [2.05, 4.69) is 0 Å². The van der Waals surface area contributed by atoms with Gasteiger partial charge in [0.2, 0.25) is 0 Å². The Morgan fingerprint density at radius 2 is 1.23 bits per heavy atom. The monoisotopic (exact) mass is 306 g/mol. The van der Waals surface area contributed by atoms with Gasteiger partial charge in [0.05, 0.1) is 12.5 Å². The molecule has 3 rings (SSSR count). The van der Waals surface area contributed by atoms with Crippen LogP contribution in [0.3, 0.4) is 0 Å². The number of esters is 1. The van der Waals surface area contributed by atoms with Gasteiger partial charge in [0, 0.05) is 0 Å². The molecule has 0 aliphatic heterocycles. The fraction of sp³-hybridized carbons (Fsp3) is 0.950. The topological polar surface area (TPSA) is 26.3 Å². The molecule has 0 atom stereocenters. The van der Waals surface area contributed by atoms with Gasteiger partial charge < -0.3 is 4.74 Å². The Labute approximate surface area is 136 Å². The van der Waals surface area contributed by atoms with Gasteiger partial charge in [-0.05, 0) is 56.3 Å². The molecule has 0 spiro atoms. The van der Waals surface area contributed by atoms with E-state index in [1.807, 2.05) is 0 Å². The van der Waals surface area contributed by atoms with Crippen molar-refractivity contribution in [2.24, 2.45) is 23.7 Å². The van der Waals surface area contributed by atoms with Gasteiger partial charge in [0.15, 0.2) is 0 Å². The van der Waals surface area contributed by atoms with Gasteiger partial charge in [-0.25, -0.2) is 0 Å². The maximum Gasteiger partial charge on any atom is 0.308 e. The number of carbonyl (C=O) groups excluding carboxylic acids is 1. The summed E-state index contributed by atoms with van der Waals surface area (Å²) in [5.74, 6) is 2.85. The molecule has 0 saturated heterocycles. The summed E-state index contributed by atoms with van der Waals surface area (Å²) in [6.07, 6.45) is 18.5. The van der Waals surface area contributed by atoms with E-state index in [1.54, 1.807) is 0 Å². The normalized spacial score (nSPS) is 31.8. The molecule has 2 nitrogen and oxygen atoms in total. The first-order valence-electron chi connectivity index (χ1n) is 9.99. The summed E-state index contributed by atoms with van der Waals surface area (Å²) in [7, 11) is 0. The van der Waals surface area contributed by atoms with E-state index >= 15 is 0 Å². The first-order chi connectivity index (χ1) is 10.8. The lowest BCUT2D eigenvalue weighted by molar-refractivity contribution is -0.151. The molecule has 22 heavy (non-hydrogen) atoms. The van der Waals surface area contributed by atoms with Crippen LogP contribution >= 0.6 is 0 Å². The van der Waals surface area contributed by atoms with Crippen molar-refractivity contribution >= 4 is 5.97 Å². The molecule has 0 N–H and O–H groups in total. The predicted molar refractivity (Wildman–Crippen MR) is 89.6 cm³/mol. The Morgan fingerprint density at radius 3 is 1.86 bits per heavy atom. The maximum absolute atomic E-state index is 12.3. The van der Waals surface area contributed by atoms with Crippen LogP contribution in [0, 0.1) is 23.7 Å². The second-order valence-electron chi connectivity index (χ2n) is 8.14. The zero-order valence-electron chi connectivity index (χ0n) is 14.2. The Bertz CT molecular complexity index is 332. The molecule has 0 aromatic heterocycles. The molecule has 0 aromatic carbocycles. The number of hydrogen-bond acceptors (Lipinski definition) is 2. The second-order valence-corrected chi connectivity index (χ2v) is 8.14. The lowest BCUT2D eigenvalue weighted by Crippen LogP contribution is -2.29. The standard InChI is InChI=1S/C20H34O2/c21-20(22-15-16-7-3-1-4-8-16)19-13-11-18(12-14-19)17-9-5-2-6-10-17/h16-19H,1-15H2. The molecule has 0 radical (unpaired) electrons. The van der Waals surface area contributed by atoms with Gasteiger partial charge in [-0.3, -0.25) is 4.79 Å². The largest absolute Gasteiger partial charge is 0.465 e. The van der Waals surface area contributed by atoms with Gasteiger partial charge in [-0.2, -0.15) is 0 Å². The van der Waals surface area contributed by atoms with Crippen LogP contribution in [-0.4, -0.2) is 12.6 Å².